The SMILES string of the molecule is C=CC=C1/C(=C\C)C(C(CC)C2C(C=C)=C(/C=C\C)S/C2=C/C)=C(/C=C\C)C1(C)C. The molecule has 0 saturated heterocycles. The fourth-order valence-corrected chi connectivity index (χ4v) is 6.35. The van der Waals surface area contributed by atoms with Gasteiger partial charge in [0, 0.05) is 16.2 Å². The van der Waals surface area contributed by atoms with Gasteiger partial charge in [-0.2, -0.15) is 0 Å². The summed E-state index contributed by atoms with van der Waals surface area (Å²) in [4.78, 5) is 2.77. The quantitative estimate of drug-likeness (QED) is 0.397. The van der Waals surface area contributed by atoms with Crippen molar-refractivity contribution in [1.29, 1.82) is 0 Å². The maximum atomic E-state index is 4.20. The molecule has 2 unspecified atom stereocenters. The van der Waals surface area contributed by atoms with E-state index in [1.54, 1.807) is 0 Å². The maximum absolute atomic E-state index is 4.20. The monoisotopic (exact) mass is 418 g/mol. The predicted octanol–water partition coefficient (Wildman–Crippen LogP) is 9.27. The van der Waals surface area contributed by atoms with Crippen LogP contribution in [0, 0.1) is 17.3 Å². The van der Waals surface area contributed by atoms with Crippen LogP contribution in [0.5, 0.6) is 0 Å². The molecule has 0 fully saturated rings. The molecule has 0 radical (unpaired) electrons. The van der Waals surface area contributed by atoms with Crippen molar-refractivity contribution in [1.82, 2.24) is 0 Å². The van der Waals surface area contributed by atoms with Gasteiger partial charge in [0.2, 0.25) is 0 Å². The van der Waals surface area contributed by atoms with Gasteiger partial charge in [0.05, 0.1) is 0 Å². The molecule has 0 aromatic carbocycles. The van der Waals surface area contributed by atoms with Crippen LogP contribution in [-0.2, 0) is 0 Å². The lowest BCUT2D eigenvalue weighted by molar-refractivity contribution is 0.494. The minimum atomic E-state index is -0.0443. The molecule has 1 heterocycles. The summed E-state index contributed by atoms with van der Waals surface area (Å²) in [5.41, 5.74) is 6.98. The first kappa shape index (κ1) is 24.3. The molecule has 1 heteroatoms. The summed E-state index contributed by atoms with van der Waals surface area (Å²) < 4.78 is 0. The summed E-state index contributed by atoms with van der Waals surface area (Å²) in [5.74, 6) is 0.740. The molecule has 0 spiro atoms. The molecule has 0 bridgehead atoms. The van der Waals surface area contributed by atoms with Crippen molar-refractivity contribution < 1.29 is 0 Å². The fraction of sp³-hybridized carbons (Fsp3) is 0.379. The zero-order valence-corrected chi connectivity index (χ0v) is 20.7. The molecule has 0 N–H and O–H groups in total. The Morgan fingerprint density at radius 2 is 1.70 bits per heavy atom. The van der Waals surface area contributed by atoms with E-state index >= 15 is 0 Å². The van der Waals surface area contributed by atoms with Crippen LogP contribution < -0.4 is 0 Å². The number of thioether (sulfide) groups is 1. The van der Waals surface area contributed by atoms with Gasteiger partial charge in [-0.15, -0.1) is 0 Å². The first-order valence-electron chi connectivity index (χ1n) is 11.1. The molecule has 1 aliphatic heterocycles. The van der Waals surface area contributed by atoms with Crippen molar-refractivity contribution >= 4 is 11.8 Å². The highest BCUT2D eigenvalue weighted by Crippen LogP contribution is 2.58. The summed E-state index contributed by atoms with van der Waals surface area (Å²) in [7, 11) is 0. The summed E-state index contributed by atoms with van der Waals surface area (Å²) in [6, 6.07) is 0. The highest BCUT2D eigenvalue weighted by molar-refractivity contribution is 8.07. The number of hydrogen-bond donors (Lipinski definition) is 0. The Hall–Kier alpha value is -1.99. The molecule has 160 valence electrons. The van der Waals surface area contributed by atoms with Gasteiger partial charge in [-0.25, -0.2) is 0 Å². The summed E-state index contributed by atoms with van der Waals surface area (Å²) >= 11 is 1.90. The van der Waals surface area contributed by atoms with E-state index in [0.29, 0.717) is 11.8 Å². The predicted molar refractivity (Wildman–Crippen MR) is 138 cm³/mol. The van der Waals surface area contributed by atoms with Crippen LogP contribution in [-0.4, -0.2) is 0 Å². The van der Waals surface area contributed by atoms with E-state index in [2.05, 4.69) is 110 Å². The third-order valence-electron chi connectivity index (χ3n) is 6.31. The lowest BCUT2D eigenvalue weighted by Gasteiger charge is -2.28. The molecule has 0 aromatic rings. The van der Waals surface area contributed by atoms with E-state index in [0.717, 1.165) is 6.42 Å². The Bertz CT molecular complexity index is 906. The summed E-state index contributed by atoms with van der Waals surface area (Å²) in [6.07, 6.45) is 20.8. The smallest absolute Gasteiger partial charge is 0.0229 e. The minimum absolute atomic E-state index is 0.0443. The lowest BCUT2D eigenvalue weighted by Crippen LogP contribution is -2.19. The van der Waals surface area contributed by atoms with Gasteiger partial charge < -0.3 is 0 Å². The van der Waals surface area contributed by atoms with Crippen molar-refractivity contribution in [3.8, 4) is 0 Å². The topological polar surface area (TPSA) is 0 Å². The Morgan fingerprint density at radius 3 is 2.17 bits per heavy atom. The molecular formula is C29H38S. The van der Waals surface area contributed by atoms with Crippen LogP contribution in [0.15, 0.2) is 106 Å². The highest BCUT2D eigenvalue weighted by atomic mass is 32.2. The van der Waals surface area contributed by atoms with E-state index in [-0.39, 0.29) is 5.41 Å². The van der Waals surface area contributed by atoms with E-state index < -0.39 is 0 Å². The number of allylic oxidation sites excluding steroid dienone is 15. The van der Waals surface area contributed by atoms with E-state index in [9.17, 15) is 0 Å². The van der Waals surface area contributed by atoms with Crippen molar-refractivity contribution in [2.75, 3.05) is 0 Å². The standard InChI is InChI=1S/C29H38S/c1-10-17-23-20(13-4)27(24(18-11-2)29(23,8)9)22(15-6)28-21(14-5)26(19-12-3)30-25(28)16-7/h10-14,16-19,22,28H,1,5,15H2,2-4,6-9H3/b18-11-,19-12-,20-13+,23-17?,25-16+. The van der Waals surface area contributed by atoms with Gasteiger partial charge in [-0.3, -0.25) is 0 Å². The molecule has 2 rings (SSSR count). The number of hydrogen-bond acceptors (Lipinski definition) is 1. The second-order valence-electron chi connectivity index (χ2n) is 8.28. The van der Waals surface area contributed by atoms with Crippen molar-refractivity contribution in [3.05, 3.63) is 106 Å². The Labute approximate surface area is 189 Å². The molecular weight excluding hydrogens is 380 g/mol. The molecule has 2 atom stereocenters. The first-order valence-corrected chi connectivity index (χ1v) is 11.9. The first-order chi connectivity index (χ1) is 14.4. The molecule has 0 nitrogen and oxygen atoms in total. The Morgan fingerprint density at radius 1 is 1.03 bits per heavy atom. The van der Waals surface area contributed by atoms with Gasteiger partial charge in [0.25, 0.3) is 0 Å². The zero-order valence-electron chi connectivity index (χ0n) is 19.9. The fourth-order valence-electron chi connectivity index (χ4n) is 5.02. The molecule has 0 saturated carbocycles. The van der Waals surface area contributed by atoms with E-state index in [1.807, 2.05) is 17.8 Å². The normalized spacial score (nSPS) is 26.9. The Balaban J connectivity index is 2.84. The average Bonchev–Trinajstić information content (AvgIpc) is 3.17. The minimum Gasteiger partial charge on any atom is -0.0991 e. The van der Waals surface area contributed by atoms with Crippen LogP contribution in [0.4, 0.5) is 0 Å². The summed E-state index contributed by atoms with van der Waals surface area (Å²) in [5, 5.41) is 0. The van der Waals surface area contributed by atoms with Crippen LogP contribution in [0.25, 0.3) is 0 Å². The maximum Gasteiger partial charge on any atom is 0.0229 e. The highest BCUT2D eigenvalue weighted by Gasteiger charge is 2.44. The molecule has 0 aromatic heterocycles. The second kappa shape index (κ2) is 10.4. The average molecular weight is 419 g/mol. The Kier molecular flexibility index (Phi) is 8.38. The van der Waals surface area contributed by atoms with Crippen molar-refractivity contribution in [2.45, 2.75) is 54.9 Å². The second-order valence-corrected chi connectivity index (χ2v) is 9.40. The third-order valence-corrected chi connectivity index (χ3v) is 7.63. The number of rotatable bonds is 7. The van der Waals surface area contributed by atoms with E-state index in [4.69, 9.17) is 0 Å². The zero-order chi connectivity index (χ0) is 22.5. The van der Waals surface area contributed by atoms with Gasteiger partial charge in [0.15, 0.2) is 0 Å². The van der Waals surface area contributed by atoms with Gasteiger partial charge in [-0.05, 0) is 72.8 Å². The van der Waals surface area contributed by atoms with E-state index in [1.165, 1.54) is 37.7 Å². The van der Waals surface area contributed by atoms with Gasteiger partial charge >= 0.3 is 0 Å². The van der Waals surface area contributed by atoms with Crippen molar-refractivity contribution in [2.24, 2.45) is 17.3 Å². The molecule has 0 amide bonds. The third kappa shape index (κ3) is 4.10. The lowest BCUT2D eigenvalue weighted by atomic mass is 9.75. The molecule has 30 heavy (non-hydrogen) atoms. The molecule has 1 aliphatic carbocycles. The summed E-state index contributed by atoms with van der Waals surface area (Å²) in [6.45, 7) is 23.8. The van der Waals surface area contributed by atoms with Crippen LogP contribution in [0.2, 0.25) is 0 Å². The van der Waals surface area contributed by atoms with Crippen LogP contribution in [0.3, 0.4) is 0 Å². The van der Waals surface area contributed by atoms with Crippen LogP contribution in [0.1, 0.15) is 54.9 Å². The van der Waals surface area contributed by atoms with Gasteiger partial charge in [0.1, 0.15) is 0 Å². The van der Waals surface area contributed by atoms with Gasteiger partial charge in [-0.1, -0.05) is 100 Å². The molecule has 2 aliphatic rings. The van der Waals surface area contributed by atoms with Crippen LogP contribution >= 0.6 is 11.8 Å². The largest absolute Gasteiger partial charge is 0.0991 e. The van der Waals surface area contributed by atoms with Crippen molar-refractivity contribution in [3.63, 3.8) is 0 Å².